The Bertz CT molecular complexity index is 600. The highest BCUT2D eigenvalue weighted by atomic mass is 16.2. The number of benzene rings is 1. The summed E-state index contributed by atoms with van der Waals surface area (Å²) in [6.07, 6.45) is 4.41. The highest BCUT2D eigenvalue weighted by Crippen LogP contribution is 2.09. The van der Waals surface area contributed by atoms with E-state index in [4.69, 9.17) is 5.26 Å². The molecule has 2 amide bonds. The number of hydrogen-bond acceptors (Lipinski definition) is 3. The molecule has 0 radical (unpaired) electrons. The van der Waals surface area contributed by atoms with Crippen molar-refractivity contribution in [3.63, 3.8) is 0 Å². The highest BCUT2D eigenvalue weighted by Gasteiger charge is 2.01. The van der Waals surface area contributed by atoms with Crippen molar-refractivity contribution in [1.29, 1.82) is 5.26 Å². The van der Waals surface area contributed by atoms with Gasteiger partial charge in [0.05, 0.1) is 11.6 Å². The summed E-state index contributed by atoms with van der Waals surface area (Å²) in [4.78, 5) is 11.6. The molecule has 0 saturated heterocycles. The van der Waals surface area contributed by atoms with Gasteiger partial charge in [0.1, 0.15) is 0 Å². The number of aromatic nitrogens is 2. The Morgan fingerprint density at radius 3 is 3.05 bits per heavy atom. The van der Waals surface area contributed by atoms with Crippen LogP contribution in [0.1, 0.15) is 12.0 Å². The van der Waals surface area contributed by atoms with Crippen LogP contribution in [0.25, 0.3) is 0 Å². The molecule has 0 spiro atoms. The first-order chi connectivity index (χ1) is 9.78. The Morgan fingerprint density at radius 1 is 1.40 bits per heavy atom. The number of nitrogens with one attached hydrogen (secondary N) is 2. The van der Waals surface area contributed by atoms with E-state index in [1.54, 1.807) is 30.5 Å². The monoisotopic (exact) mass is 269 g/mol. The second-order valence-corrected chi connectivity index (χ2v) is 4.20. The molecule has 1 heterocycles. The molecule has 20 heavy (non-hydrogen) atoms. The number of nitrogens with zero attached hydrogens (tertiary/aromatic N) is 3. The molecule has 1 aromatic carbocycles. The zero-order chi connectivity index (χ0) is 14.2. The van der Waals surface area contributed by atoms with E-state index in [-0.39, 0.29) is 6.03 Å². The molecule has 2 aromatic rings. The van der Waals surface area contributed by atoms with Crippen molar-refractivity contribution in [3.8, 4) is 6.07 Å². The number of carbonyl (C=O) groups is 1. The van der Waals surface area contributed by atoms with Crippen molar-refractivity contribution in [2.75, 3.05) is 11.9 Å². The van der Waals surface area contributed by atoms with Gasteiger partial charge in [0.2, 0.25) is 0 Å². The molecule has 0 bridgehead atoms. The first kappa shape index (κ1) is 13.6. The predicted octanol–water partition coefficient (Wildman–Crippen LogP) is 1.97. The zero-order valence-electron chi connectivity index (χ0n) is 10.9. The van der Waals surface area contributed by atoms with Gasteiger partial charge in [-0.1, -0.05) is 6.07 Å². The molecule has 102 valence electrons. The molecular weight excluding hydrogens is 254 g/mol. The lowest BCUT2D eigenvalue weighted by Crippen LogP contribution is -2.30. The average Bonchev–Trinajstić information content (AvgIpc) is 2.97. The van der Waals surface area contributed by atoms with Crippen LogP contribution in [0.3, 0.4) is 0 Å². The fourth-order valence-electron chi connectivity index (χ4n) is 1.72. The smallest absolute Gasteiger partial charge is 0.319 e. The standard InChI is InChI=1S/C14H15N5O/c15-11-12-4-1-5-13(10-12)18-14(20)16-6-2-8-19-9-3-7-17-19/h1,3-5,7,9-10H,2,6,8H2,(H2,16,18,20). The lowest BCUT2D eigenvalue weighted by atomic mass is 10.2. The van der Waals surface area contributed by atoms with Crippen molar-refractivity contribution in [3.05, 3.63) is 48.3 Å². The van der Waals surface area contributed by atoms with Crippen LogP contribution in [-0.4, -0.2) is 22.4 Å². The lowest BCUT2D eigenvalue weighted by molar-refractivity contribution is 0.251. The Labute approximate surface area is 117 Å². The van der Waals surface area contributed by atoms with Gasteiger partial charge in [-0.3, -0.25) is 4.68 Å². The minimum atomic E-state index is -0.277. The maximum atomic E-state index is 11.6. The average molecular weight is 269 g/mol. The third-order valence-electron chi connectivity index (χ3n) is 2.66. The van der Waals surface area contributed by atoms with E-state index in [1.165, 1.54) is 0 Å². The quantitative estimate of drug-likeness (QED) is 0.814. The SMILES string of the molecule is N#Cc1cccc(NC(=O)NCCCn2cccn2)c1. The third kappa shape index (κ3) is 4.14. The topological polar surface area (TPSA) is 82.7 Å². The van der Waals surface area contributed by atoms with E-state index in [2.05, 4.69) is 15.7 Å². The van der Waals surface area contributed by atoms with Crippen LogP contribution in [0.5, 0.6) is 0 Å². The van der Waals surface area contributed by atoms with E-state index < -0.39 is 0 Å². The molecule has 1 aromatic heterocycles. The number of amides is 2. The van der Waals surface area contributed by atoms with E-state index in [1.807, 2.05) is 23.0 Å². The number of carbonyl (C=O) groups excluding carboxylic acids is 1. The van der Waals surface area contributed by atoms with Gasteiger partial charge in [-0.05, 0) is 30.7 Å². The number of anilines is 1. The maximum Gasteiger partial charge on any atom is 0.319 e. The van der Waals surface area contributed by atoms with Gasteiger partial charge in [0, 0.05) is 31.2 Å². The normalized spacial score (nSPS) is 9.75. The van der Waals surface area contributed by atoms with E-state index in [0.717, 1.165) is 13.0 Å². The molecule has 0 saturated carbocycles. The first-order valence-electron chi connectivity index (χ1n) is 6.30. The molecule has 0 aliphatic carbocycles. The minimum Gasteiger partial charge on any atom is -0.338 e. The van der Waals surface area contributed by atoms with E-state index >= 15 is 0 Å². The molecule has 0 unspecified atom stereocenters. The number of nitriles is 1. The summed E-state index contributed by atoms with van der Waals surface area (Å²) in [5.41, 5.74) is 1.12. The number of rotatable bonds is 5. The number of urea groups is 1. The second kappa shape index (κ2) is 6.95. The third-order valence-corrected chi connectivity index (χ3v) is 2.66. The van der Waals surface area contributed by atoms with Gasteiger partial charge in [0.25, 0.3) is 0 Å². The Kier molecular flexibility index (Phi) is 4.73. The first-order valence-corrected chi connectivity index (χ1v) is 6.30. The van der Waals surface area contributed by atoms with Gasteiger partial charge in [-0.25, -0.2) is 4.79 Å². The fraction of sp³-hybridized carbons (Fsp3) is 0.214. The minimum absolute atomic E-state index is 0.277. The van der Waals surface area contributed by atoms with Crippen molar-refractivity contribution in [2.24, 2.45) is 0 Å². The van der Waals surface area contributed by atoms with E-state index in [0.29, 0.717) is 17.8 Å². The van der Waals surface area contributed by atoms with E-state index in [9.17, 15) is 4.79 Å². The van der Waals surface area contributed by atoms with Crippen LogP contribution >= 0.6 is 0 Å². The van der Waals surface area contributed by atoms with Gasteiger partial charge in [-0.2, -0.15) is 10.4 Å². The molecule has 2 rings (SSSR count). The van der Waals surface area contributed by atoms with Crippen molar-refractivity contribution < 1.29 is 4.79 Å². The van der Waals surface area contributed by atoms with Crippen molar-refractivity contribution in [1.82, 2.24) is 15.1 Å². The van der Waals surface area contributed by atoms with Crippen LogP contribution in [0, 0.1) is 11.3 Å². The summed E-state index contributed by atoms with van der Waals surface area (Å²) in [5, 5.41) is 18.3. The lowest BCUT2D eigenvalue weighted by Gasteiger charge is -2.07. The van der Waals surface area contributed by atoms with Crippen LogP contribution < -0.4 is 10.6 Å². The maximum absolute atomic E-state index is 11.6. The predicted molar refractivity (Wildman–Crippen MR) is 75.0 cm³/mol. The largest absolute Gasteiger partial charge is 0.338 e. The zero-order valence-corrected chi connectivity index (χ0v) is 10.9. The second-order valence-electron chi connectivity index (χ2n) is 4.20. The summed E-state index contributed by atoms with van der Waals surface area (Å²) in [6.45, 7) is 1.32. The molecule has 0 fully saturated rings. The van der Waals surface area contributed by atoms with Crippen LogP contribution in [0.15, 0.2) is 42.7 Å². The van der Waals surface area contributed by atoms with Gasteiger partial charge < -0.3 is 10.6 Å². The summed E-state index contributed by atoms with van der Waals surface area (Å²) in [6, 6.07) is 10.4. The summed E-state index contributed by atoms with van der Waals surface area (Å²) in [7, 11) is 0. The fourth-order valence-corrected chi connectivity index (χ4v) is 1.72. The number of hydrogen-bond donors (Lipinski definition) is 2. The molecule has 0 aliphatic rings. The van der Waals surface area contributed by atoms with Gasteiger partial charge in [0.15, 0.2) is 0 Å². The van der Waals surface area contributed by atoms with Crippen LogP contribution in [0.2, 0.25) is 0 Å². The molecule has 2 N–H and O–H groups in total. The van der Waals surface area contributed by atoms with Crippen molar-refractivity contribution >= 4 is 11.7 Å². The Morgan fingerprint density at radius 2 is 2.30 bits per heavy atom. The summed E-state index contributed by atoms with van der Waals surface area (Å²) in [5.74, 6) is 0. The van der Waals surface area contributed by atoms with Crippen LogP contribution in [-0.2, 0) is 6.54 Å². The summed E-state index contributed by atoms with van der Waals surface area (Å²) >= 11 is 0. The van der Waals surface area contributed by atoms with Crippen LogP contribution in [0.4, 0.5) is 10.5 Å². The van der Waals surface area contributed by atoms with Gasteiger partial charge in [-0.15, -0.1) is 0 Å². The van der Waals surface area contributed by atoms with Gasteiger partial charge >= 0.3 is 6.03 Å². The Balaban J connectivity index is 1.71. The summed E-state index contributed by atoms with van der Waals surface area (Å²) < 4.78 is 1.82. The molecule has 0 aliphatic heterocycles. The Hall–Kier alpha value is -2.81. The highest BCUT2D eigenvalue weighted by molar-refractivity contribution is 5.89. The molecule has 6 heteroatoms. The molecule has 6 nitrogen and oxygen atoms in total. The molecule has 0 atom stereocenters. The van der Waals surface area contributed by atoms with Crippen molar-refractivity contribution in [2.45, 2.75) is 13.0 Å². The number of aryl methyl sites for hydroxylation is 1. The molecular formula is C14H15N5O.